The Bertz CT molecular complexity index is 1640. The van der Waals surface area contributed by atoms with Crippen molar-refractivity contribution < 1.29 is 32.3 Å². The highest BCUT2D eigenvalue weighted by atomic mass is 35.5. The van der Waals surface area contributed by atoms with Gasteiger partial charge in [-0.25, -0.2) is 13.2 Å². The maximum absolute atomic E-state index is 13.2. The minimum Gasteiger partial charge on any atom is -0.479 e. The number of anilines is 1. The molecule has 13 heteroatoms. The van der Waals surface area contributed by atoms with Crippen LogP contribution in [0, 0.1) is 0 Å². The molecule has 0 aliphatic carbocycles. The summed E-state index contributed by atoms with van der Waals surface area (Å²) < 4.78 is 44.3. The van der Waals surface area contributed by atoms with Crippen LogP contribution in [0.1, 0.15) is 41.4 Å². The van der Waals surface area contributed by atoms with Crippen LogP contribution in [0.4, 0.5) is 5.69 Å². The monoisotopic (exact) mass is 605 g/mol. The minimum absolute atomic E-state index is 0.00509. The van der Waals surface area contributed by atoms with E-state index in [-0.39, 0.29) is 40.4 Å². The number of nitrogens with zero attached hydrogens (tertiary/aromatic N) is 3. The average molecular weight is 606 g/mol. The lowest BCUT2D eigenvalue weighted by molar-refractivity contribution is 0.0696. The van der Waals surface area contributed by atoms with Crippen molar-refractivity contribution in [3.05, 3.63) is 81.5 Å². The van der Waals surface area contributed by atoms with Gasteiger partial charge in [0, 0.05) is 24.6 Å². The molecule has 0 radical (unpaired) electrons. The van der Waals surface area contributed by atoms with Crippen molar-refractivity contribution in [2.75, 3.05) is 18.5 Å². The Kier molecular flexibility index (Phi) is 8.57. The van der Waals surface area contributed by atoms with Crippen LogP contribution in [0.5, 0.6) is 11.8 Å². The highest BCUT2D eigenvalue weighted by Crippen LogP contribution is 2.39. The van der Waals surface area contributed by atoms with Crippen molar-refractivity contribution >= 4 is 44.9 Å². The normalized spacial score (nSPS) is 11.5. The Morgan fingerprint density at radius 3 is 2.30 bits per heavy atom. The molecule has 4 aromatic rings. The Morgan fingerprint density at radius 1 is 1.07 bits per heavy atom. The molecule has 1 N–H and O–H groups in total. The van der Waals surface area contributed by atoms with E-state index in [9.17, 15) is 13.2 Å². The van der Waals surface area contributed by atoms with Crippen LogP contribution in [0.25, 0.3) is 11.3 Å². The SMILES string of the molecule is COc1nc(OCc2c(-c3c(Cl)cccc3Cl)noc2C(C)C)ccc1N(C)S(=O)(=O)c1ccc(C(=O)O)cc1. The number of rotatable bonds is 10. The number of ether oxygens (including phenoxy) is 2. The van der Waals surface area contributed by atoms with E-state index >= 15 is 0 Å². The lowest BCUT2D eigenvalue weighted by atomic mass is 10.0. The van der Waals surface area contributed by atoms with Gasteiger partial charge in [-0.2, -0.15) is 4.98 Å². The van der Waals surface area contributed by atoms with Crippen LogP contribution in [0.15, 0.2) is 64.0 Å². The molecule has 0 saturated heterocycles. The van der Waals surface area contributed by atoms with Crippen LogP contribution < -0.4 is 13.8 Å². The average Bonchev–Trinajstić information content (AvgIpc) is 3.35. The Hall–Kier alpha value is -3.80. The minimum atomic E-state index is -4.05. The number of aromatic nitrogens is 2. The zero-order valence-electron chi connectivity index (χ0n) is 21.9. The fourth-order valence-electron chi connectivity index (χ4n) is 3.93. The number of hydrogen-bond acceptors (Lipinski definition) is 8. The van der Waals surface area contributed by atoms with Gasteiger partial charge in [0.05, 0.1) is 33.2 Å². The summed E-state index contributed by atoms with van der Waals surface area (Å²) >= 11 is 12.8. The predicted molar refractivity (Wildman–Crippen MR) is 150 cm³/mol. The van der Waals surface area contributed by atoms with Gasteiger partial charge in [-0.05, 0) is 42.5 Å². The molecule has 0 fully saturated rings. The van der Waals surface area contributed by atoms with Gasteiger partial charge in [-0.15, -0.1) is 0 Å². The first-order valence-electron chi connectivity index (χ1n) is 11.9. The molecule has 0 aliphatic heterocycles. The molecular formula is C27H25Cl2N3O7S. The van der Waals surface area contributed by atoms with Gasteiger partial charge in [0.15, 0.2) is 0 Å². The summed E-state index contributed by atoms with van der Waals surface area (Å²) in [6.07, 6.45) is 0. The highest BCUT2D eigenvalue weighted by Gasteiger charge is 2.27. The third-order valence-electron chi connectivity index (χ3n) is 6.01. The predicted octanol–water partition coefficient (Wildman–Crippen LogP) is 6.28. The second kappa shape index (κ2) is 11.7. The second-order valence-corrected chi connectivity index (χ2v) is 11.7. The number of carboxylic acid groups (broad SMARTS) is 1. The number of pyridine rings is 1. The molecule has 0 bridgehead atoms. The number of sulfonamides is 1. The Balaban J connectivity index is 1.62. The van der Waals surface area contributed by atoms with Gasteiger partial charge >= 0.3 is 5.97 Å². The molecule has 0 amide bonds. The van der Waals surface area contributed by atoms with Crippen LogP contribution in [0.3, 0.4) is 0 Å². The molecule has 10 nitrogen and oxygen atoms in total. The highest BCUT2D eigenvalue weighted by molar-refractivity contribution is 7.92. The Labute approximate surface area is 241 Å². The number of carbonyl (C=O) groups is 1. The van der Waals surface area contributed by atoms with Crippen LogP contribution in [-0.4, -0.2) is 43.8 Å². The summed E-state index contributed by atoms with van der Waals surface area (Å²) in [5.41, 5.74) is 1.72. The summed E-state index contributed by atoms with van der Waals surface area (Å²) in [5, 5.41) is 14.1. The third kappa shape index (κ3) is 5.72. The van der Waals surface area contributed by atoms with E-state index in [1.165, 1.54) is 50.6 Å². The van der Waals surface area contributed by atoms with Crippen molar-refractivity contribution in [3.63, 3.8) is 0 Å². The molecule has 4 rings (SSSR count). The summed E-state index contributed by atoms with van der Waals surface area (Å²) in [6.45, 7) is 3.90. The molecule has 0 aliphatic rings. The first-order chi connectivity index (χ1) is 18.9. The van der Waals surface area contributed by atoms with Gasteiger partial charge in [-0.1, -0.05) is 48.3 Å². The molecule has 0 saturated carbocycles. The first-order valence-corrected chi connectivity index (χ1v) is 14.1. The lowest BCUT2D eigenvalue weighted by Gasteiger charge is -2.21. The molecule has 2 aromatic heterocycles. The van der Waals surface area contributed by atoms with E-state index in [0.29, 0.717) is 32.6 Å². The number of methoxy groups -OCH3 is 1. The molecule has 0 atom stereocenters. The van der Waals surface area contributed by atoms with Crippen molar-refractivity contribution in [3.8, 4) is 23.0 Å². The molecule has 0 spiro atoms. The molecule has 210 valence electrons. The van der Waals surface area contributed by atoms with E-state index in [4.69, 9.17) is 42.3 Å². The zero-order valence-corrected chi connectivity index (χ0v) is 24.2. The van der Waals surface area contributed by atoms with E-state index in [1.54, 1.807) is 18.2 Å². The van der Waals surface area contributed by atoms with Crippen molar-refractivity contribution in [1.82, 2.24) is 10.1 Å². The molecule has 0 unspecified atom stereocenters. The van der Waals surface area contributed by atoms with Gasteiger partial charge in [0.25, 0.3) is 10.0 Å². The summed E-state index contributed by atoms with van der Waals surface area (Å²) in [7, 11) is -1.36. The maximum Gasteiger partial charge on any atom is 0.335 e. The van der Waals surface area contributed by atoms with Gasteiger partial charge in [0.1, 0.15) is 23.7 Å². The summed E-state index contributed by atoms with van der Waals surface area (Å²) in [4.78, 5) is 15.4. The smallest absolute Gasteiger partial charge is 0.335 e. The van der Waals surface area contributed by atoms with Gasteiger partial charge in [-0.3, -0.25) is 4.31 Å². The van der Waals surface area contributed by atoms with Gasteiger partial charge < -0.3 is 19.1 Å². The summed E-state index contributed by atoms with van der Waals surface area (Å²) in [5.74, 6) is -0.435. The second-order valence-electron chi connectivity index (χ2n) is 8.89. The topological polar surface area (TPSA) is 132 Å². The first kappa shape index (κ1) is 29.2. The van der Waals surface area contributed by atoms with Gasteiger partial charge in [0.2, 0.25) is 11.8 Å². The van der Waals surface area contributed by atoms with Crippen LogP contribution >= 0.6 is 23.2 Å². The maximum atomic E-state index is 13.2. The van der Waals surface area contributed by atoms with E-state index in [1.807, 2.05) is 13.8 Å². The number of carboxylic acids is 1. The zero-order chi connectivity index (χ0) is 29.2. The standard InChI is InChI=1S/C27H25Cl2N3O7S/c1-15(2)25-18(24(31-39-25)23-19(28)6-5-7-20(23)29)14-38-22-13-12-21(26(30-22)37-4)32(3)40(35,36)17-10-8-16(9-11-17)27(33)34/h5-13,15H,14H2,1-4H3,(H,33,34). The largest absolute Gasteiger partial charge is 0.479 e. The van der Waals surface area contributed by atoms with Crippen molar-refractivity contribution in [1.29, 1.82) is 0 Å². The third-order valence-corrected chi connectivity index (χ3v) is 8.43. The fourth-order valence-corrected chi connectivity index (χ4v) is 5.70. The fraction of sp³-hybridized carbons (Fsp3) is 0.222. The lowest BCUT2D eigenvalue weighted by Crippen LogP contribution is -2.27. The molecule has 40 heavy (non-hydrogen) atoms. The number of hydrogen-bond donors (Lipinski definition) is 1. The summed E-state index contributed by atoms with van der Waals surface area (Å²) in [6, 6.07) is 13.0. The molecule has 2 aromatic carbocycles. The quantitative estimate of drug-likeness (QED) is 0.222. The number of benzene rings is 2. The Morgan fingerprint density at radius 2 is 1.73 bits per heavy atom. The van der Waals surface area contributed by atoms with E-state index in [2.05, 4.69) is 10.1 Å². The number of halogens is 2. The van der Waals surface area contributed by atoms with E-state index in [0.717, 1.165) is 4.31 Å². The van der Waals surface area contributed by atoms with Crippen molar-refractivity contribution in [2.24, 2.45) is 0 Å². The van der Waals surface area contributed by atoms with E-state index < -0.39 is 16.0 Å². The molecular weight excluding hydrogens is 581 g/mol. The number of aromatic carboxylic acids is 1. The van der Waals surface area contributed by atoms with Crippen LogP contribution in [-0.2, 0) is 16.6 Å². The van der Waals surface area contributed by atoms with Crippen molar-refractivity contribution in [2.45, 2.75) is 31.3 Å². The molecule has 2 heterocycles. The van der Waals surface area contributed by atoms with Crippen LogP contribution in [0.2, 0.25) is 10.0 Å².